The molecule has 2 aromatic rings. The van der Waals surface area contributed by atoms with Crippen LogP contribution in [0.1, 0.15) is 30.3 Å². The number of aromatic nitrogens is 3. The van der Waals surface area contributed by atoms with E-state index in [2.05, 4.69) is 15.4 Å². The molecule has 0 bridgehead atoms. The van der Waals surface area contributed by atoms with E-state index in [1.165, 1.54) is 0 Å². The second-order valence-electron chi connectivity index (χ2n) is 4.15. The maximum atomic E-state index is 5.94. The van der Waals surface area contributed by atoms with Crippen LogP contribution in [0.15, 0.2) is 10.6 Å². The van der Waals surface area contributed by atoms with Crippen LogP contribution in [0.25, 0.3) is 0 Å². The molecule has 0 aromatic carbocycles. The van der Waals surface area contributed by atoms with Gasteiger partial charge in [-0.1, -0.05) is 0 Å². The van der Waals surface area contributed by atoms with E-state index in [4.69, 9.17) is 10.2 Å². The molecular formula is C11H17N5O. The van der Waals surface area contributed by atoms with Crippen LogP contribution in [-0.4, -0.2) is 14.8 Å². The van der Waals surface area contributed by atoms with Gasteiger partial charge in [-0.05, 0) is 20.8 Å². The zero-order valence-electron chi connectivity index (χ0n) is 10.5. The molecule has 0 aliphatic rings. The first-order valence-corrected chi connectivity index (χ1v) is 5.47. The van der Waals surface area contributed by atoms with Crippen molar-refractivity contribution in [2.45, 2.75) is 26.8 Å². The monoisotopic (exact) mass is 235 g/mol. The molecule has 1 unspecified atom stereocenters. The van der Waals surface area contributed by atoms with Crippen LogP contribution < -0.4 is 11.1 Å². The number of nitrogen functional groups attached to an aromatic ring is 1. The Morgan fingerprint density at radius 2 is 2.18 bits per heavy atom. The van der Waals surface area contributed by atoms with Crippen LogP contribution >= 0.6 is 0 Å². The lowest BCUT2D eigenvalue weighted by atomic mass is 10.3. The van der Waals surface area contributed by atoms with E-state index < -0.39 is 0 Å². The van der Waals surface area contributed by atoms with E-state index in [0.717, 1.165) is 17.3 Å². The summed E-state index contributed by atoms with van der Waals surface area (Å²) in [5.41, 5.74) is 7.40. The highest BCUT2D eigenvalue weighted by Crippen LogP contribution is 2.25. The summed E-state index contributed by atoms with van der Waals surface area (Å²) in [6, 6.07) is -0.0548. The van der Waals surface area contributed by atoms with E-state index in [1.807, 2.05) is 27.8 Å². The summed E-state index contributed by atoms with van der Waals surface area (Å²) in [7, 11) is 1.85. The third-order valence-electron chi connectivity index (χ3n) is 2.63. The van der Waals surface area contributed by atoms with Gasteiger partial charge in [0.25, 0.3) is 0 Å². The number of rotatable bonds is 3. The molecule has 2 aromatic heterocycles. The summed E-state index contributed by atoms with van der Waals surface area (Å²) in [4.78, 5) is 4.18. The smallest absolute Gasteiger partial charge is 0.216 e. The van der Waals surface area contributed by atoms with Gasteiger partial charge >= 0.3 is 0 Å². The Kier molecular flexibility index (Phi) is 2.79. The van der Waals surface area contributed by atoms with Crippen LogP contribution in [0.3, 0.4) is 0 Å². The second kappa shape index (κ2) is 4.12. The SMILES string of the molecule is Cc1cnc(C(C)Nc2c(N)c(C)nn2C)o1. The van der Waals surface area contributed by atoms with Gasteiger partial charge in [0.2, 0.25) is 5.89 Å². The molecule has 0 spiro atoms. The highest BCUT2D eigenvalue weighted by atomic mass is 16.4. The molecule has 2 rings (SSSR count). The second-order valence-corrected chi connectivity index (χ2v) is 4.15. The Hall–Kier alpha value is -1.98. The number of nitrogens with one attached hydrogen (secondary N) is 1. The Bertz CT molecular complexity index is 528. The van der Waals surface area contributed by atoms with Crippen molar-refractivity contribution in [2.24, 2.45) is 7.05 Å². The first kappa shape index (κ1) is 11.5. The van der Waals surface area contributed by atoms with Crippen molar-refractivity contribution in [1.29, 1.82) is 0 Å². The summed E-state index contributed by atoms with van der Waals surface area (Å²) in [5, 5.41) is 7.49. The average molecular weight is 235 g/mol. The van der Waals surface area contributed by atoms with Crippen molar-refractivity contribution in [3.63, 3.8) is 0 Å². The van der Waals surface area contributed by atoms with Crippen LogP contribution in [0.5, 0.6) is 0 Å². The highest BCUT2D eigenvalue weighted by molar-refractivity contribution is 5.64. The fourth-order valence-corrected chi connectivity index (χ4v) is 1.68. The lowest BCUT2D eigenvalue weighted by Gasteiger charge is -2.12. The first-order chi connectivity index (χ1) is 7.99. The summed E-state index contributed by atoms with van der Waals surface area (Å²) in [6.07, 6.45) is 1.70. The molecule has 0 radical (unpaired) electrons. The number of anilines is 2. The molecule has 6 nitrogen and oxygen atoms in total. The third kappa shape index (κ3) is 2.11. The third-order valence-corrected chi connectivity index (χ3v) is 2.63. The normalized spacial score (nSPS) is 12.7. The first-order valence-electron chi connectivity index (χ1n) is 5.47. The highest BCUT2D eigenvalue weighted by Gasteiger charge is 2.16. The number of hydrogen-bond acceptors (Lipinski definition) is 5. The summed E-state index contributed by atoms with van der Waals surface area (Å²) in [5.74, 6) is 2.22. The van der Waals surface area contributed by atoms with Gasteiger partial charge in [0.1, 0.15) is 17.6 Å². The topological polar surface area (TPSA) is 81.9 Å². The summed E-state index contributed by atoms with van der Waals surface area (Å²) < 4.78 is 7.18. The van der Waals surface area contributed by atoms with E-state index in [-0.39, 0.29) is 6.04 Å². The number of hydrogen-bond donors (Lipinski definition) is 2. The van der Waals surface area contributed by atoms with Crippen LogP contribution in [0, 0.1) is 13.8 Å². The van der Waals surface area contributed by atoms with Crippen molar-refractivity contribution >= 4 is 11.5 Å². The molecule has 1 atom stereocenters. The molecule has 17 heavy (non-hydrogen) atoms. The van der Waals surface area contributed by atoms with Crippen LogP contribution in [0.2, 0.25) is 0 Å². The van der Waals surface area contributed by atoms with Crippen molar-refractivity contribution < 1.29 is 4.42 Å². The Balaban J connectivity index is 2.21. The van der Waals surface area contributed by atoms with Gasteiger partial charge in [-0.2, -0.15) is 5.10 Å². The molecule has 92 valence electrons. The Morgan fingerprint density at radius 3 is 2.65 bits per heavy atom. The summed E-state index contributed by atoms with van der Waals surface area (Å²) in [6.45, 7) is 5.71. The van der Waals surface area contributed by atoms with Gasteiger partial charge in [0.05, 0.1) is 17.6 Å². The van der Waals surface area contributed by atoms with E-state index in [1.54, 1.807) is 10.9 Å². The molecule has 0 saturated heterocycles. The largest absolute Gasteiger partial charge is 0.444 e. The zero-order valence-corrected chi connectivity index (χ0v) is 10.5. The van der Waals surface area contributed by atoms with Gasteiger partial charge < -0.3 is 15.5 Å². The van der Waals surface area contributed by atoms with Crippen molar-refractivity contribution in [2.75, 3.05) is 11.1 Å². The summed E-state index contributed by atoms with van der Waals surface area (Å²) >= 11 is 0. The number of nitrogens with zero attached hydrogens (tertiary/aromatic N) is 3. The number of nitrogens with two attached hydrogens (primary N) is 1. The molecular weight excluding hydrogens is 218 g/mol. The minimum Gasteiger partial charge on any atom is -0.444 e. The maximum absolute atomic E-state index is 5.94. The fourth-order valence-electron chi connectivity index (χ4n) is 1.68. The molecule has 0 aliphatic heterocycles. The van der Waals surface area contributed by atoms with E-state index >= 15 is 0 Å². The minimum absolute atomic E-state index is 0.0548. The average Bonchev–Trinajstić information content (AvgIpc) is 2.79. The van der Waals surface area contributed by atoms with Gasteiger partial charge in [-0.15, -0.1) is 0 Å². The number of aryl methyl sites for hydroxylation is 3. The van der Waals surface area contributed by atoms with Crippen LogP contribution in [-0.2, 0) is 7.05 Å². The lowest BCUT2D eigenvalue weighted by molar-refractivity contribution is 0.452. The van der Waals surface area contributed by atoms with Gasteiger partial charge in [-0.25, -0.2) is 4.98 Å². The van der Waals surface area contributed by atoms with Gasteiger partial charge in [-0.3, -0.25) is 4.68 Å². The molecule has 2 heterocycles. The van der Waals surface area contributed by atoms with Crippen LogP contribution in [0.4, 0.5) is 11.5 Å². The zero-order chi connectivity index (χ0) is 12.6. The maximum Gasteiger partial charge on any atom is 0.216 e. The van der Waals surface area contributed by atoms with E-state index in [9.17, 15) is 0 Å². The van der Waals surface area contributed by atoms with Crippen molar-refractivity contribution in [3.8, 4) is 0 Å². The lowest BCUT2D eigenvalue weighted by Crippen LogP contribution is -2.11. The Labute approximate surface area is 99.8 Å². The Morgan fingerprint density at radius 1 is 1.47 bits per heavy atom. The van der Waals surface area contributed by atoms with Gasteiger partial charge in [0, 0.05) is 7.05 Å². The predicted octanol–water partition coefficient (Wildman–Crippen LogP) is 1.78. The van der Waals surface area contributed by atoms with Gasteiger partial charge in [0.15, 0.2) is 0 Å². The standard InChI is InChI=1S/C11H17N5O/c1-6-5-13-11(17-6)8(3)14-10-9(12)7(2)15-16(10)4/h5,8,14H,12H2,1-4H3. The minimum atomic E-state index is -0.0548. The van der Waals surface area contributed by atoms with E-state index in [0.29, 0.717) is 11.6 Å². The fraction of sp³-hybridized carbons (Fsp3) is 0.455. The molecule has 6 heteroatoms. The molecule has 0 aliphatic carbocycles. The molecule has 0 fully saturated rings. The van der Waals surface area contributed by atoms with Crippen molar-refractivity contribution in [3.05, 3.63) is 23.5 Å². The predicted molar refractivity (Wildman–Crippen MR) is 65.6 cm³/mol. The van der Waals surface area contributed by atoms with Crippen molar-refractivity contribution in [1.82, 2.24) is 14.8 Å². The molecule has 3 N–H and O–H groups in total. The molecule has 0 amide bonds. The quantitative estimate of drug-likeness (QED) is 0.847. The molecule has 0 saturated carbocycles. The number of oxazole rings is 1.